The quantitative estimate of drug-likeness (QED) is 0.578. The summed E-state index contributed by atoms with van der Waals surface area (Å²) in [5, 5.41) is 11.0. The molecule has 21 heavy (non-hydrogen) atoms. The first kappa shape index (κ1) is 14.8. The van der Waals surface area contributed by atoms with E-state index in [1.54, 1.807) is 17.4 Å². The van der Waals surface area contributed by atoms with Crippen molar-refractivity contribution in [2.75, 3.05) is 0 Å². The first-order valence-electron chi connectivity index (χ1n) is 6.46. The Labute approximate surface area is 140 Å². The number of thiophene rings is 1. The smallest absolute Gasteiger partial charge is 0.249 e. The molecular weight excluding hydrogens is 372 g/mol. The van der Waals surface area contributed by atoms with Crippen LogP contribution >= 0.6 is 38.9 Å². The Morgan fingerprint density at radius 3 is 2.67 bits per heavy atom. The van der Waals surface area contributed by atoms with Crippen LogP contribution < -0.4 is 0 Å². The van der Waals surface area contributed by atoms with Crippen LogP contribution in [-0.2, 0) is 6.42 Å². The number of hydrogen-bond acceptors (Lipinski definition) is 4. The van der Waals surface area contributed by atoms with Crippen molar-refractivity contribution in [3.05, 3.63) is 43.5 Å². The van der Waals surface area contributed by atoms with Crippen LogP contribution in [0.4, 0.5) is 0 Å². The van der Waals surface area contributed by atoms with Crippen molar-refractivity contribution < 1.29 is 4.42 Å². The summed E-state index contributed by atoms with van der Waals surface area (Å²) in [6, 6.07) is 5.55. The fourth-order valence-corrected chi connectivity index (χ4v) is 3.69. The van der Waals surface area contributed by atoms with E-state index in [1.807, 2.05) is 12.1 Å². The van der Waals surface area contributed by atoms with Crippen molar-refractivity contribution in [1.82, 2.24) is 10.2 Å². The first-order valence-corrected chi connectivity index (χ1v) is 8.51. The Bertz CT molecular complexity index is 797. The molecule has 3 rings (SSSR count). The summed E-state index contributed by atoms with van der Waals surface area (Å²) < 4.78 is 6.75. The average Bonchev–Trinajstić information content (AvgIpc) is 3.07. The Hall–Kier alpha value is -1.17. The van der Waals surface area contributed by atoms with Crippen molar-refractivity contribution in [2.24, 2.45) is 0 Å². The van der Waals surface area contributed by atoms with Crippen LogP contribution in [0.1, 0.15) is 17.4 Å². The van der Waals surface area contributed by atoms with E-state index in [2.05, 4.69) is 45.4 Å². The highest BCUT2D eigenvalue weighted by molar-refractivity contribution is 9.10. The summed E-state index contributed by atoms with van der Waals surface area (Å²) in [6.07, 6.45) is 0.944. The van der Waals surface area contributed by atoms with Gasteiger partial charge >= 0.3 is 0 Å². The van der Waals surface area contributed by atoms with E-state index >= 15 is 0 Å². The van der Waals surface area contributed by atoms with Crippen molar-refractivity contribution in [3.63, 3.8) is 0 Å². The molecule has 2 heterocycles. The molecule has 3 aromatic rings. The highest BCUT2D eigenvalue weighted by atomic mass is 79.9. The molecule has 0 aliphatic heterocycles. The van der Waals surface area contributed by atoms with Gasteiger partial charge in [0.15, 0.2) is 0 Å². The summed E-state index contributed by atoms with van der Waals surface area (Å²) in [6.45, 7) is 4.23. The molecule has 0 radical (unpaired) electrons. The van der Waals surface area contributed by atoms with Crippen LogP contribution in [0.15, 0.2) is 32.5 Å². The monoisotopic (exact) mass is 382 g/mol. The number of benzene rings is 1. The molecule has 0 unspecified atom stereocenters. The number of halogens is 2. The zero-order valence-electron chi connectivity index (χ0n) is 11.5. The molecule has 0 bridgehead atoms. The van der Waals surface area contributed by atoms with E-state index < -0.39 is 0 Å². The number of aromatic nitrogens is 2. The van der Waals surface area contributed by atoms with E-state index in [0.717, 1.165) is 22.0 Å². The molecule has 0 saturated carbocycles. The molecule has 0 spiro atoms. The van der Waals surface area contributed by atoms with Crippen LogP contribution in [0, 0.1) is 6.92 Å². The third-order valence-electron chi connectivity index (χ3n) is 3.27. The normalized spacial score (nSPS) is 11.0. The fraction of sp³-hybridized carbons (Fsp3) is 0.200. The molecule has 3 nitrogen and oxygen atoms in total. The molecular formula is C15H12BrClN2OS. The Morgan fingerprint density at radius 2 is 1.95 bits per heavy atom. The highest BCUT2D eigenvalue weighted by Gasteiger charge is 2.17. The molecule has 2 aromatic heterocycles. The largest absolute Gasteiger partial charge is 0.416 e. The van der Waals surface area contributed by atoms with Crippen molar-refractivity contribution in [3.8, 4) is 22.9 Å². The SMILES string of the molecule is CCc1c(-c2nnc(-c3cc(Br)ccc3Cl)o2)csc1C. The third-order valence-corrected chi connectivity index (χ3v) is 5.05. The van der Waals surface area contributed by atoms with Gasteiger partial charge in [-0.1, -0.05) is 34.5 Å². The van der Waals surface area contributed by atoms with Gasteiger partial charge in [-0.3, -0.25) is 0 Å². The van der Waals surface area contributed by atoms with Gasteiger partial charge in [0, 0.05) is 14.7 Å². The molecule has 0 fully saturated rings. The third kappa shape index (κ3) is 2.78. The standard InChI is InChI=1S/C15H12BrClN2OS/c1-3-10-8(2)21-7-12(10)15-19-18-14(20-15)11-6-9(16)4-5-13(11)17/h4-7H,3H2,1-2H3. The second-order valence-electron chi connectivity index (χ2n) is 4.57. The molecule has 0 amide bonds. The van der Waals surface area contributed by atoms with Gasteiger partial charge in [-0.2, -0.15) is 0 Å². The van der Waals surface area contributed by atoms with Gasteiger partial charge < -0.3 is 4.42 Å². The fourth-order valence-electron chi connectivity index (χ4n) is 2.20. The lowest BCUT2D eigenvalue weighted by molar-refractivity contribution is 0.584. The van der Waals surface area contributed by atoms with Gasteiger partial charge in [0.05, 0.1) is 16.1 Å². The minimum atomic E-state index is 0.433. The number of hydrogen-bond donors (Lipinski definition) is 0. The molecule has 6 heteroatoms. The maximum Gasteiger partial charge on any atom is 0.249 e. The molecule has 0 aliphatic carbocycles. The van der Waals surface area contributed by atoms with Crippen LogP contribution in [-0.4, -0.2) is 10.2 Å². The van der Waals surface area contributed by atoms with E-state index in [4.69, 9.17) is 16.0 Å². The Morgan fingerprint density at radius 1 is 1.24 bits per heavy atom. The maximum atomic E-state index is 6.20. The van der Waals surface area contributed by atoms with Crippen LogP contribution in [0.3, 0.4) is 0 Å². The van der Waals surface area contributed by atoms with Gasteiger partial charge in [-0.05, 0) is 37.1 Å². The molecule has 0 N–H and O–H groups in total. The van der Waals surface area contributed by atoms with E-state index in [9.17, 15) is 0 Å². The Kier molecular flexibility index (Phi) is 4.15. The first-order chi connectivity index (χ1) is 10.1. The van der Waals surface area contributed by atoms with E-state index in [0.29, 0.717) is 16.8 Å². The Balaban J connectivity index is 2.06. The summed E-state index contributed by atoms with van der Waals surface area (Å²) in [5.74, 6) is 0.976. The highest BCUT2D eigenvalue weighted by Crippen LogP contribution is 2.34. The van der Waals surface area contributed by atoms with Gasteiger partial charge in [0.2, 0.25) is 11.8 Å². The predicted octanol–water partition coefficient (Wildman–Crippen LogP) is 5.75. The number of rotatable bonds is 3. The van der Waals surface area contributed by atoms with E-state index in [1.165, 1.54) is 10.4 Å². The van der Waals surface area contributed by atoms with Gasteiger partial charge in [-0.25, -0.2) is 0 Å². The molecule has 0 atom stereocenters. The van der Waals surface area contributed by atoms with Crippen molar-refractivity contribution in [2.45, 2.75) is 20.3 Å². The van der Waals surface area contributed by atoms with Gasteiger partial charge in [0.25, 0.3) is 0 Å². The zero-order chi connectivity index (χ0) is 15.0. The molecule has 0 aliphatic rings. The second-order valence-corrected chi connectivity index (χ2v) is 6.98. The van der Waals surface area contributed by atoms with E-state index in [-0.39, 0.29) is 0 Å². The summed E-state index contributed by atoms with van der Waals surface area (Å²) >= 11 is 11.3. The number of nitrogens with zero attached hydrogens (tertiary/aromatic N) is 2. The van der Waals surface area contributed by atoms with Gasteiger partial charge in [-0.15, -0.1) is 21.5 Å². The van der Waals surface area contributed by atoms with Crippen LogP contribution in [0.5, 0.6) is 0 Å². The molecule has 108 valence electrons. The molecule has 0 saturated heterocycles. The lowest BCUT2D eigenvalue weighted by atomic mass is 10.1. The number of aryl methyl sites for hydroxylation is 1. The second kappa shape index (κ2) is 5.91. The topological polar surface area (TPSA) is 38.9 Å². The summed E-state index contributed by atoms with van der Waals surface area (Å²) in [7, 11) is 0. The minimum absolute atomic E-state index is 0.433. The molecule has 1 aromatic carbocycles. The van der Waals surface area contributed by atoms with Crippen molar-refractivity contribution >= 4 is 38.9 Å². The maximum absolute atomic E-state index is 6.20. The lowest BCUT2D eigenvalue weighted by Gasteiger charge is -2.00. The lowest BCUT2D eigenvalue weighted by Crippen LogP contribution is -1.84. The predicted molar refractivity (Wildman–Crippen MR) is 89.9 cm³/mol. The van der Waals surface area contributed by atoms with Crippen LogP contribution in [0.2, 0.25) is 5.02 Å². The van der Waals surface area contributed by atoms with Crippen molar-refractivity contribution in [1.29, 1.82) is 0 Å². The summed E-state index contributed by atoms with van der Waals surface area (Å²) in [5.41, 5.74) is 3.01. The summed E-state index contributed by atoms with van der Waals surface area (Å²) in [4.78, 5) is 1.28. The zero-order valence-corrected chi connectivity index (χ0v) is 14.6. The van der Waals surface area contributed by atoms with Crippen LogP contribution in [0.25, 0.3) is 22.9 Å². The average molecular weight is 384 g/mol. The minimum Gasteiger partial charge on any atom is -0.416 e. The van der Waals surface area contributed by atoms with Gasteiger partial charge in [0.1, 0.15) is 0 Å².